The third-order valence-electron chi connectivity index (χ3n) is 8.18. The van der Waals surface area contributed by atoms with E-state index in [1.165, 1.54) is 16.7 Å². The molecule has 4 nitrogen and oxygen atoms in total. The van der Waals surface area contributed by atoms with Crippen LogP contribution in [0, 0.1) is 0 Å². The average molecular weight is 562 g/mol. The summed E-state index contributed by atoms with van der Waals surface area (Å²) in [5.74, 6) is 0. The molecular weight excluding hydrogens is 510 g/mol. The molecule has 0 N–H and O–H groups in total. The minimum absolute atomic E-state index is 0.0517. The maximum atomic E-state index is 13.6. The summed E-state index contributed by atoms with van der Waals surface area (Å²) in [7, 11) is -2.13. The first-order valence-corrected chi connectivity index (χ1v) is 17.7. The Bertz CT molecular complexity index is 1160. The van der Waals surface area contributed by atoms with Gasteiger partial charge in [-0.15, -0.1) is 0 Å². The molecule has 1 aliphatic carbocycles. The van der Waals surface area contributed by atoms with Gasteiger partial charge in [0, 0.05) is 6.54 Å². The summed E-state index contributed by atoms with van der Waals surface area (Å²) < 4.78 is 13.0. The molecule has 40 heavy (non-hydrogen) atoms. The summed E-state index contributed by atoms with van der Waals surface area (Å²) in [6, 6.07) is 20.8. The first-order valence-electron chi connectivity index (χ1n) is 14.8. The van der Waals surface area contributed by atoms with Crippen LogP contribution in [0.15, 0.2) is 78.4 Å². The Kier molecular flexibility index (Phi) is 10.6. The summed E-state index contributed by atoms with van der Waals surface area (Å²) in [5.41, 5.74) is 4.66. The van der Waals surface area contributed by atoms with E-state index in [4.69, 9.17) is 9.16 Å². The van der Waals surface area contributed by atoms with Gasteiger partial charge < -0.3 is 14.1 Å². The van der Waals surface area contributed by atoms with Gasteiger partial charge in [0.25, 0.3) is 0 Å². The second-order valence-corrected chi connectivity index (χ2v) is 18.3. The fraction of sp³-hybridized carbons (Fsp3) is 0.514. The van der Waals surface area contributed by atoms with Crippen molar-refractivity contribution in [1.82, 2.24) is 4.90 Å². The number of amides is 1. The fourth-order valence-electron chi connectivity index (χ4n) is 4.77. The number of hydrogen-bond acceptors (Lipinski definition) is 3. The van der Waals surface area contributed by atoms with Crippen molar-refractivity contribution in [2.24, 2.45) is 0 Å². The number of carbonyl (C=O) groups excluding carboxylic acids is 1. The quantitative estimate of drug-likeness (QED) is 0.214. The van der Waals surface area contributed by atoms with Crippen LogP contribution in [0.25, 0.3) is 5.57 Å². The normalized spacial score (nSPS) is 16.0. The summed E-state index contributed by atoms with van der Waals surface area (Å²) >= 11 is 0. The van der Waals surface area contributed by atoms with Gasteiger partial charge in [-0.1, -0.05) is 99.2 Å². The Hall–Kier alpha value is -2.63. The van der Waals surface area contributed by atoms with Crippen molar-refractivity contribution in [3.05, 3.63) is 89.5 Å². The van der Waals surface area contributed by atoms with E-state index in [0.29, 0.717) is 6.54 Å². The molecule has 0 heterocycles. The predicted molar refractivity (Wildman–Crippen MR) is 171 cm³/mol. The highest BCUT2D eigenvalue weighted by molar-refractivity contribution is 6.74. The molecule has 0 fully saturated rings. The monoisotopic (exact) mass is 561 g/mol. The van der Waals surface area contributed by atoms with Crippen LogP contribution in [0.4, 0.5) is 4.79 Å². The number of hydrogen-bond donors (Lipinski definition) is 0. The first-order chi connectivity index (χ1) is 18.7. The molecule has 0 aliphatic heterocycles. The number of rotatable bonds is 10. The third-order valence-corrected chi connectivity index (χ3v) is 12.6. The number of ether oxygens (including phenoxy) is 1. The van der Waals surface area contributed by atoms with E-state index < -0.39 is 13.9 Å². The Labute approximate surface area is 244 Å². The van der Waals surface area contributed by atoms with Crippen LogP contribution in [0.1, 0.15) is 91.4 Å². The van der Waals surface area contributed by atoms with Gasteiger partial charge in [0.1, 0.15) is 5.60 Å². The lowest BCUT2D eigenvalue weighted by Crippen LogP contribution is -2.49. The zero-order valence-electron chi connectivity index (χ0n) is 26.3. The van der Waals surface area contributed by atoms with Crippen LogP contribution < -0.4 is 0 Å². The lowest BCUT2D eigenvalue weighted by atomic mass is 9.92. The van der Waals surface area contributed by atoms with E-state index in [0.717, 1.165) is 31.2 Å². The van der Waals surface area contributed by atoms with Gasteiger partial charge in [-0.3, -0.25) is 0 Å². The lowest BCUT2D eigenvalue weighted by molar-refractivity contribution is -0.000735. The first kappa shape index (κ1) is 31.9. The number of carbonyl (C=O) groups is 1. The van der Waals surface area contributed by atoms with Gasteiger partial charge in [-0.05, 0) is 88.2 Å². The Morgan fingerprint density at radius 2 is 1.50 bits per heavy atom. The van der Waals surface area contributed by atoms with Gasteiger partial charge in [-0.2, -0.15) is 0 Å². The van der Waals surface area contributed by atoms with Crippen molar-refractivity contribution >= 4 is 20.0 Å². The largest absolute Gasteiger partial charge is 0.444 e. The molecule has 0 saturated carbocycles. The second kappa shape index (κ2) is 13.4. The Balaban J connectivity index is 1.77. The molecule has 0 spiro atoms. The van der Waals surface area contributed by atoms with Crippen molar-refractivity contribution in [3.63, 3.8) is 0 Å². The molecular formula is C35H51NO3Si. The van der Waals surface area contributed by atoms with Crippen LogP contribution in [-0.4, -0.2) is 37.5 Å². The molecule has 0 bridgehead atoms. The van der Waals surface area contributed by atoms with Crippen LogP contribution in [0.5, 0.6) is 0 Å². The van der Waals surface area contributed by atoms with Crippen molar-refractivity contribution in [1.29, 1.82) is 0 Å². The highest BCUT2D eigenvalue weighted by Gasteiger charge is 2.42. The molecule has 2 atom stereocenters. The molecule has 0 radical (unpaired) electrons. The number of benzene rings is 2. The zero-order chi connectivity index (χ0) is 29.6. The van der Waals surface area contributed by atoms with E-state index in [2.05, 4.69) is 108 Å². The van der Waals surface area contributed by atoms with E-state index in [1.807, 2.05) is 31.7 Å². The minimum atomic E-state index is -2.13. The van der Waals surface area contributed by atoms with Crippen molar-refractivity contribution in [3.8, 4) is 0 Å². The Morgan fingerprint density at radius 1 is 0.900 bits per heavy atom. The van der Waals surface area contributed by atoms with Gasteiger partial charge in [0.15, 0.2) is 8.32 Å². The second-order valence-electron chi connectivity index (χ2n) is 13.6. The fourth-order valence-corrected chi connectivity index (χ4v) is 6.09. The van der Waals surface area contributed by atoms with Crippen LogP contribution in [-0.2, 0) is 9.16 Å². The van der Waals surface area contributed by atoms with Gasteiger partial charge in [-0.25, -0.2) is 4.79 Å². The Morgan fingerprint density at radius 3 is 2.02 bits per heavy atom. The molecule has 2 aromatic carbocycles. The minimum Gasteiger partial charge on any atom is -0.444 e. The maximum Gasteiger partial charge on any atom is 0.410 e. The molecule has 5 heteroatoms. The molecule has 218 valence electrons. The van der Waals surface area contributed by atoms with E-state index in [9.17, 15) is 4.79 Å². The summed E-state index contributed by atoms with van der Waals surface area (Å²) in [5, 5.41) is 0.0517. The molecule has 3 rings (SSSR count). The maximum absolute atomic E-state index is 13.6. The van der Waals surface area contributed by atoms with Gasteiger partial charge in [0.05, 0.1) is 12.1 Å². The SMILES string of the molecule is C[C@@H]([C@H](O[Si](C)(C)C(C)(C)C)c1ccccc1)N(CCCC1=CCC(c2ccccc2)=CC1)C(=O)OC(C)(C)C. The van der Waals surface area contributed by atoms with Crippen molar-refractivity contribution in [2.75, 3.05) is 6.54 Å². The zero-order valence-corrected chi connectivity index (χ0v) is 27.3. The van der Waals surface area contributed by atoms with Gasteiger partial charge >= 0.3 is 6.09 Å². The van der Waals surface area contributed by atoms with E-state index >= 15 is 0 Å². The van der Waals surface area contributed by atoms with Crippen LogP contribution >= 0.6 is 0 Å². The molecule has 1 amide bonds. The molecule has 0 unspecified atom stereocenters. The molecule has 1 aliphatic rings. The number of allylic oxidation sites excluding steroid dienone is 4. The van der Waals surface area contributed by atoms with Crippen molar-refractivity contribution in [2.45, 2.75) is 110 Å². The van der Waals surface area contributed by atoms with Crippen LogP contribution in [0.3, 0.4) is 0 Å². The summed E-state index contributed by atoms with van der Waals surface area (Å²) in [6.45, 7) is 19.8. The highest BCUT2D eigenvalue weighted by Crippen LogP contribution is 2.41. The number of nitrogens with zero attached hydrogens (tertiary/aromatic N) is 1. The van der Waals surface area contributed by atoms with Gasteiger partial charge in [0.2, 0.25) is 0 Å². The third kappa shape index (κ3) is 8.94. The molecule has 0 aromatic heterocycles. The summed E-state index contributed by atoms with van der Waals surface area (Å²) in [6.07, 6.45) is 7.99. The van der Waals surface area contributed by atoms with Crippen molar-refractivity contribution < 1.29 is 14.0 Å². The highest BCUT2D eigenvalue weighted by atomic mass is 28.4. The standard InChI is InChI=1S/C35H51NO3Si/c1-27(32(31-20-14-11-15-21-31)39-40(8,9)35(5,6)7)36(33(37)38-34(2,3)4)26-16-17-28-22-24-30(25-23-28)29-18-12-10-13-19-29/h10-15,18-22,25,27,32H,16-17,23-24,26H2,1-9H3/t27-,32-/m0/s1. The summed E-state index contributed by atoms with van der Waals surface area (Å²) in [4.78, 5) is 15.5. The van der Waals surface area contributed by atoms with E-state index in [1.54, 1.807) is 0 Å². The van der Waals surface area contributed by atoms with Crippen LogP contribution in [0.2, 0.25) is 18.1 Å². The van der Waals surface area contributed by atoms with E-state index in [-0.39, 0.29) is 23.3 Å². The predicted octanol–water partition coefficient (Wildman–Crippen LogP) is 9.96. The molecule has 2 aromatic rings. The topological polar surface area (TPSA) is 38.8 Å². The lowest BCUT2D eigenvalue weighted by Gasteiger charge is -2.43. The molecule has 0 saturated heterocycles. The average Bonchev–Trinajstić information content (AvgIpc) is 2.89. The smallest absolute Gasteiger partial charge is 0.410 e.